The van der Waals surface area contributed by atoms with Crippen molar-refractivity contribution in [2.45, 2.75) is 19.8 Å². The van der Waals surface area contributed by atoms with Gasteiger partial charge in [-0.15, -0.1) is 0 Å². The van der Waals surface area contributed by atoms with Crippen LogP contribution in [0, 0.1) is 0 Å². The van der Waals surface area contributed by atoms with Crippen LogP contribution in [-0.2, 0) is 16.0 Å². The number of rotatable bonds is 9. The van der Waals surface area contributed by atoms with Gasteiger partial charge in [0.25, 0.3) is 0 Å². The van der Waals surface area contributed by atoms with Crippen molar-refractivity contribution < 1.29 is 23.6 Å². The second-order valence-electron chi connectivity index (χ2n) is 7.07. The molecular formula is C24H22N4O5S. The van der Waals surface area contributed by atoms with E-state index >= 15 is 0 Å². The summed E-state index contributed by atoms with van der Waals surface area (Å²) < 4.78 is 15.6. The summed E-state index contributed by atoms with van der Waals surface area (Å²) in [7, 11) is 1.60. The number of ether oxygens (including phenoxy) is 2. The minimum Gasteiger partial charge on any atom is -0.497 e. The first-order valence-corrected chi connectivity index (χ1v) is 11.4. The molecule has 0 saturated carbocycles. The van der Waals surface area contributed by atoms with Crippen molar-refractivity contribution in [2.75, 3.05) is 19.0 Å². The average Bonchev–Trinajstić information content (AvgIpc) is 3.51. The van der Waals surface area contributed by atoms with Gasteiger partial charge in [0.15, 0.2) is 5.13 Å². The summed E-state index contributed by atoms with van der Waals surface area (Å²) >= 11 is 1.08. The molecule has 9 nitrogen and oxygen atoms in total. The van der Waals surface area contributed by atoms with Crippen LogP contribution < -0.4 is 10.1 Å². The third kappa shape index (κ3) is 5.46. The van der Waals surface area contributed by atoms with Crippen LogP contribution in [0.15, 0.2) is 59.1 Å². The van der Waals surface area contributed by atoms with Gasteiger partial charge in [-0.2, -0.15) is 4.98 Å². The predicted octanol–water partition coefficient (Wildman–Crippen LogP) is 4.62. The molecule has 0 aliphatic heterocycles. The second-order valence-corrected chi connectivity index (χ2v) is 8.07. The molecule has 0 radical (unpaired) electrons. The Morgan fingerprint density at radius 3 is 2.50 bits per heavy atom. The van der Waals surface area contributed by atoms with Crippen molar-refractivity contribution in [3.8, 4) is 28.4 Å². The number of aromatic nitrogens is 3. The van der Waals surface area contributed by atoms with Gasteiger partial charge in [0.2, 0.25) is 17.6 Å². The molecule has 0 fully saturated rings. The molecule has 10 heteroatoms. The van der Waals surface area contributed by atoms with E-state index in [-0.39, 0.29) is 25.4 Å². The maximum Gasteiger partial charge on any atom is 0.350 e. The lowest BCUT2D eigenvalue weighted by atomic mass is 10.1. The van der Waals surface area contributed by atoms with Crippen LogP contribution in [0.2, 0.25) is 0 Å². The number of aryl methyl sites for hydroxylation is 1. The minimum absolute atomic E-state index is 0.110. The summed E-state index contributed by atoms with van der Waals surface area (Å²) in [6, 6.07) is 16.5. The molecule has 174 valence electrons. The van der Waals surface area contributed by atoms with Crippen LogP contribution in [0.4, 0.5) is 5.13 Å². The van der Waals surface area contributed by atoms with Gasteiger partial charge in [-0.1, -0.05) is 46.8 Å². The number of thiazole rings is 1. The number of anilines is 1. The van der Waals surface area contributed by atoms with Gasteiger partial charge in [-0.3, -0.25) is 4.79 Å². The normalized spacial score (nSPS) is 10.6. The van der Waals surface area contributed by atoms with Crippen LogP contribution in [0.5, 0.6) is 5.75 Å². The van der Waals surface area contributed by atoms with Crippen molar-refractivity contribution in [3.63, 3.8) is 0 Å². The van der Waals surface area contributed by atoms with Gasteiger partial charge in [-0.25, -0.2) is 9.78 Å². The Bertz CT molecular complexity index is 1270. The highest BCUT2D eigenvalue weighted by molar-refractivity contribution is 7.18. The van der Waals surface area contributed by atoms with E-state index in [1.54, 1.807) is 26.2 Å². The quantitative estimate of drug-likeness (QED) is 0.347. The molecule has 0 aliphatic rings. The van der Waals surface area contributed by atoms with Crippen LogP contribution >= 0.6 is 11.3 Å². The first kappa shape index (κ1) is 23.1. The molecule has 2 aromatic carbocycles. The first-order chi connectivity index (χ1) is 16.6. The SMILES string of the molecule is CCOC(=O)c1sc(NC(=O)CCc2nc(-c3ccc(OC)cc3)no2)nc1-c1ccccc1. The lowest BCUT2D eigenvalue weighted by Gasteiger charge is -2.01. The molecule has 4 rings (SSSR count). The maximum absolute atomic E-state index is 12.5. The molecule has 2 aromatic heterocycles. The Morgan fingerprint density at radius 2 is 1.79 bits per heavy atom. The van der Waals surface area contributed by atoms with Gasteiger partial charge in [0, 0.05) is 24.0 Å². The summed E-state index contributed by atoms with van der Waals surface area (Å²) in [5.74, 6) is 0.749. The van der Waals surface area contributed by atoms with E-state index in [1.807, 2.05) is 42.5 Å². The highest BCUT2D eigenvalue weighted by Gasteiger charge is 2.21. The third-order valence-corrected chi connectivity index (χ3v) is 5.71. The fourth-order valence-electron chi connectivity index (χ4n) is 3.12. The van der Waals surface area contributed by atoms with Crippen molar-refractivity contribution in [3.05, 3.63) is 65.4 Å². The number of benzene rings is 2. The van der Waals surface area contributed by atoms with Crippen LogP contribution in [0.1, 0.15) is 28.9 Å². The molecule has 1 N–H and O–H groups in total. The van der Waals surface area contributed by atoms with Gasteiger partial charge < -0.3 is 19.3 Å². The third-order valence-electron chi connectivity index (χ3n) is 4.76. The second kappa shape index (κ2) is 10.7. The van der Waals surface area contributed by atoms with Gasteiger partial charge >= 0.3 is 5.97 Å². The number of carbonyl (C=O) groups excluding carboxylic acids is 2. The molecule has 0 saturated heterocycles. The Morgan fingerprint density at radius 1 is 1.03 bits per heavy atom. The van der Waals surface area contributed by atoms with E-state index in [0.717, 1.165) is 28.2 Å². The first-order valence-electron chi connectivity index (χ1n) is 10.6. The maximum atomic E-state index is 12.5. The van der Waals surface area contributed by atoms with E-state index < -0.39 is 5.97 Å². The summed E-state index contributed by atoms with van der Waals surface area (Å²) in [4.78, 5) is 34.1. The minimum atomic E-state index is -0.476. The van der Waals surface area contributed by atoms with Gasteiger partial charge in [0.1, 0.15) is 10.6 Å². The predicted molar refractivity (Wildman–Crippen MR) is 127 cm³/mol. The topological polar surface area (TPSA) is 116 Å². The Kier molecular flexibility index (Phi) is 7.28. The Hall–Kier alpha value is -4.05. The fraction of sp³-hybridized carbons (Fsp3) is 0.208. The Balaban J connectivity index is 1.41. The molecule has 0 unspecified atom stereocenters. The van der Waals surface area contributed by atoms with E-state index in [1.165, 1.54) is 0 Å². The number of nitrogens with zero attached hydrogens (tertiary/aromatic N) is 3. The fourth-order valence-corrected chi connectivity index (χ4v) is 4.01. The largest absolute Gasteiger partial charge is 0.497 e. The molecule has 1 amide bonds. The molecular weight excluding hydrogens is 456 g/mol. The van der Waals surface area contributed by atoms with Crippen molar-refractivity contribution in [1.82, 2.24) is 15.1 Å². The molecule has 34 heavy (non-hydrogen) atoms. The molecule has 4 aromatic rings. The highest BCUT2D eigenvalue weighted by atomic mass is 32.1. The number of methoxy groups -OCH3 is 1. The van der Waals surface area contributed by atoms with Crippen LogP contribution in [0.3, 0.4) is 0 Å². The number of carbonyl (C=O) groups is 2. The molecule has 0 spiro atoms. The number of nitrogens with one attached hydrogen (secondary N) is 1. The monoisotopic (exact) mass is 478 g/mol. The number of amides is 1. The average molecular weight is 479 g/mol. The van der Waals surface area contributed by atoms with E-state index in [4.69, 9.17) is 14.0 Å². The molecule has 0 bridgehead atoms. The zero-order chi connectivity index (χ0) is 23.9. The van der Waals surface area contributed by atoms with Crippen molar-refractivity contribution in [1.29, 1.82) is 0 Å². The summed E-state index contributed by atoms with van der Waals surface area (Å²) in [6.45, 7) is 1.98. The lowest BCUT2D eigenvalue weighted by Crippen LogP contribution is -2.12. The van der Waals surface area contributed by atoms with Crippen LogP contribution in [0.25, 0.3) is 22.6 Å². The van der Waals surface area contributed by atoms with Gasteiger partial charge in [0.05, 0.1) is 19.4 Å². The van der Waals surface area contributed by atoms with Gasteiger partial charge in [-0.05, 0) is 31.2 Å². The number of hydrogen-bond acceptors (Lipinski definition) is 9. The number of hydrogen-bond donors (Lipinski definition) is 1. The lowest BCUT2D eigenvalue weighted by molar-refractivity contribution is -0.116. The summed E-state index contributed by atoms with van der Waals surface area (Å²) in [5, 5.41) is 7.03. The van der Waals surface area contributed by atoms with E-state index in [0.29, 0.717) is 27.4 Å². The smallest absolute Gasteiger partial charge is 0.350 e. The summed E-state index contributed by atoms with van der Waals surface area (Å²) in [5.41, 5.74) is 2.02. The Labute approximate surface area is 199 Å². The van der Waals surface area contributed by atoms with Crippen molar-refractivity contribution >= 4 is 28.3 Å². The zero-order valence-electron chi connectivity index (χ0n) is 18.6. The highest BCUT2D eigenvalue weighted by Crippen LogP contribution is 2.32. The number of esters is 1. The van der Waals surface area contributed by atoms with Crippen molar-refractivity contribution in [2.24, 2.45) is 0 Å². The molecule has 2 heterocycles. The zero-order valence-corrected chi connectivity index (χ0v) is 19.4. The standard InChI is InChI=1S/C24H22N4O5S/c1-3-32-23(30)21-20(15-7-5-4-6-8-15)27-24(34-21)25-18(29)13-14-19-26-22(28-33-19)16-9-11-17(31-2)12-10-16/h4-12H,3,13-14H2,1-2H3,(H,25,27,29). The van der Waals surface area contributed by atoms with Crippen LogP contribution in [-0.4, -0.2) is 40.7 Å². The summed E-state index contributed by atoms with van der Waals surface area (Å²) in [6.07, 6.45) is 0.371. The van der Waals surface area contributed by atoms with E-state index in [2.05, 4.69) is 20.4 Å². The van der Waals surface area contributed by atoms with E-state index in [9.17, 15) is 9.59 Å². The molecule has 0 atom stereocenters. The molecule has 0 aliphatic carbocycles.